The summed E-state index contributed by atoms with van der Waals surface area (Å²) in [4.78, 5) is 25.1. The first-order chi connectivity index (χ1) is 15.0. The van der Waals surface area contributed by atoms with Gasteiger partial charge in [-0.1, -0.05) is 0 Å². The molecule has 0 spiro atoms. The summed E-state index contributed by atoms with van der Waals surface area (Å²) in [5.41, 5.74) is 0.891. The van der Waals surface area contributed by atoms with Crippen LogP contribution in [0.4, 0.5) is 4.39 Å². The summed E-state index contributed by atoms with van der Waals surface area (Å²) in [5.74, 6) is -0.135. The number of ether oxygens (including phenoxy) is 3. The smallest absolute Gasteiger partial charge is 0.258 e. The van der Waals surface area contributed by atoms with E-state index in [4.69, 9.17) is 14.2 Å². The van der Waals surface area contributed by atoms with Crippen molar-refractivity contribution in [1.82, 2.24) is 16.0 Å². The Labute approximate surface area is 179 Å². The molecule has 2 aromatic carbocycles. The molecule has 0 saturated carbocycles. The number of hydrogen-bond acceptors (Lipinski definition) is 6. The maximum Gasteiger partial charge on any atom is 0.258 e. The molecular weight excluding hydrogens is 405 g/mol. The van der Waals surface area contributed by atoms with Gasteiger partial charge in [-0.15, -0.1) is 0 Å². The van der Waals surface area contributed by atoms with Gasteiger partial charge in [0.1, 0.15) is 17.7 Å². The summed E-state index contributed by atoms with van der Waals surface area (Å²) in [5, 5.41) is 8.90. The third-order valence-corrected chi connectivity index (χ3v) is 5.22. The molecule has 0 radical (unpaired) electrons. The van der Waals surface area contributed by atoms with Crippen LogP contribution in [0.3, 0.4) is 0 Å². The maximum absolute atomic E-state index is 14.2. The zero-order valence-corrected chi connectivity index (χ0v) is 17.1. The highest BCUT2D eigenvalue weighted by molar-refractivity contribution is 5.94. The van der Waals surface area contributed by atoms with Crippen LogP contribution in [0.5, 0.6) is 17.2 Å². The zero-order chi connectivity index (χ0) is 21.8. The summed E-state index contributed by atoms with van der Waals surface area (Å²) >= 11 is 0. The van der Waals surface area contributed by atoms with E-state index in [0.29, 0.717) is 35.6 Å². The molecule has 0 aliphatic carbocycles. The quantitative estimate of drug-likeness (QED) is 0.634. The minimum absolute atomic E-state index is 0.127. The van der Waals surface area contributed by atoms with Crippen LogP contribution >= 0.6 is 0 Å². The second kappa shape index (κ2) is 9.22. The first kappa shape index (κ1) is 20.9. The van der Waals surface area contributed by atoms with E-state index in [9.17, 15) is 14.0 Å². The average molecular weight is 429 g/mol. The number of fused-ring (bicyclic) bond motifs is 5. The molecule has 2 aliphatic rings. The predicted octanol–water partition coefficient (Wildman–Crippen LogP) is 1.38. The lowest BCUT2D eigenvalue weighted by Crippen LogP contribution is -2.56. The SMILES string of the molecule is COc1ccc2cc1OCC(=O)N[C@@H]1CNCC[C@@H]1Oc1cc(F)cc(c1)CNC2=O. The van der Waals surface area contributed by atoms with Gasteiger partial charge in [0.15, 0.2) is 18.1 Å². The van der Waals surface area contributed by atoms with Crippen molar-refractivity contribution in [2.75, 3.05) is 26.8 Å². The third kappa shape index (κ3) is 5.05. The Bertz CT molecular complexity index is 984. The summed E-state index contributed by atoms with van der Waals surface area (Å²) in [7, 11) is 1.48. The van der Waals surface area contributed by atoms with E-state index >= 15 is 0 Å². The Hall–Kier alpha value is -3.33. The lowest BCUT2D eigenvalue weighted by molar-refractivity contribution is -0.124. The van der Waals surface area contributed by atoms with Crippen molar-refractivity contribution in [1.29, 1.82) is 0 Å². The monoisotopic (exact) mass is 429 g/mol. The highest BCUT2D eigenvalue weighted by Crippen LogP contribution is 2.28. The van der Waals surface area contributed by atoms with Gasteiger partial charge in [-0.2, -0.15) is 0 Å². The second-order valence-electron chi connectivity index (χ2n) is 7.46. The number of carbonyl (C=O) groups excluding carboxylic acids is 2. The number of methoxy groups -OCH3 is 1. The standard InChI is InChI=1S/C22H24FN3O5/c1-29-19-3-2-14-8-20(19)30-12-21(27)26-17-11-24-5-4-18(17)31-16-7-13(6-15(23)9-16)10-25-22(14)28/h2-3,6-9,17-18,24H,4-5,10-12H2,1H3,(H,25,28)(H,26,27)/t17-,18+/m1/s1. The van der Waals surface area contributed by atoms with Gasteiger partial charge in [-0.3, -0.25) is 9.59 Å². The molecule has 0 unspecified atom stereocenters. The van der Waals surface area contributed by atoms with E-state index in [1.807, 2.05) is 0 Å². The van der Waals surface area contributed by atoms with Crippen molar-refractivity contribution in [3.63, 3.8) is 0 Å². The Balaban J connectivity index is 1.66. The molecule has 0 aromatic heterocycles. The number of hydrogen-bond donors (Lipinski definition) is 3. The van der Waals surface area contributed by atoms with E-state index in [2.05, 4.69) is 16.0 Å². The van der Waals surface area contributed by atoms with E-state index < -0.39 is 5.82 Å². The van der Waals surface area contributed by atoms with Gasteiger partial charge >= 0.3 is 0 Å². The Morgan fingerprint density at radius 3 is 2.87 bits per heavy atom. The normalized spacial score (nSPS) is 21.6. The minimum atomic E-state index is -0.461. The first-order valence-electron chi connectivity index (χ1n) is 10.1. The van der Waals surface area contributed by atoms with Gasteiger partial charge < -0.3 is 30.2 Å². The van der Waals surface area contributed by atoms with Crippen LogP contribution < -0.4 is 30.2 Å². The number of piperidine rings is 1. The van der Waals surface area contributed by atoms with Crippen LogP contribution in [0.15, 0.2) is 36.4 Å². The zero-order valence-electron chi connectivity index (χ0n) is 17.1. The van der Waals surface area contributed by atoms with Crippen LogP contribution in [0.1, 0.15) is 22.3 Å². The Kier molecular flexibility index (Phi) is 6.22. The fourth-order valence-corrected chi connectivity index (χ4v) is 3.69. The van der Waals surface area contributed by atoms with E-state index in [1.54, 1.807) is 18.2 Å². The van der Waals surface area contributed by atoms with Gasteiger partial charge in [0.2, 0.25) is 0 Å². The molecule has 2 aliphatic heterocycles. The lowest BCUT2D eigenvalue weighted by atomic mass is 10.0. The van der Waals surface area contributed by atoms with E-state index in [1.165, 1.54) is 25.3 Å². The van der Waals surface area contributed by atoms with E-state index in [-0.39, 0.29) is 42.9 Å². The number of rotatable bonds is 1. The third-order valence-electron chi connectivity index (χ3n) is 5.22. The highest BCUT2D eigenvalue weighted by atomic mass is 19.1. The van der Waals surface area contributed by atoms with Gasteiger partial charge in [0.05, 0.1) is 13.2 Å². The number of amides is 2. The molecule has 1 fully saturated rings. The lowest BCUT2D eigenvalue weighted by Gasteiger charge is -2.33. The van der Waals surface area contributed by atoms with Crippen molar-refractivity contribution in [2.24, 2.45) is 0 Å². The summed E-state index contributed by atoms with van der Waals surface area (Å²) in [6.07, 6.45) is 0.310. The Morgan fingerprint density at radius 2 is 2.03 bits per heavy atom. The molecule has 2 atom stereocenters. The fourth-order valence-electron chi connectivity index (χ4n) is 3.69. The molecular formula is C22H24FN3O5. The topological polar surface area (TPSA) is 97.9 Å². The van der Waals surface area contributed by atoms with Crippen LogP contribution in [0, 0.1) is 5.82 Å². The van der Waals surface area contributed by atoms with Crippen LogP contribution in [-0.4, -0.2) is 50.8 Å². The fraction of sp³-hybridized carbons (Fsp3) is 0.364. The largest absolute Gasteiger partial charge is 0.493 e. The summed E-state index contributed by atoms with van der Waals surface area (Å²) < 4.78 is 31.1. The Morgan fingerprint density at radius 1 is 1.16 bits per heavy atom. The number of benzene rings is 2. The van der Waals surface area contributed by atoms with Crippen LogP contribution in [-0.2, 0) is 11.3 Å². The molecule has 8 nitrogen and oxygen atoms in total. The molecule has 4 bridgehead atoms. The number of nitrogens with one attached hydrogen (secondary N) is 3. The average Bonchev–Trinajstić information content (AvgIpc) is 2.76. The maximum atomic E-state index is 14.2. The molecule has 164 valence electrons. The van der Waals surface area contributed by atoms with Crippen molar-refractivity contribution in [3.05, 3.63) is 53.3 Å². The molecule has 2 amide bonds. The summed E-state index contributed by atoms with van der Waals surface area (Å²) in [6.45, 7) is 1.11. The number of halogens is 1. The molecule has 2 aromatic rings. The predicted molar refractivity (Wildman–Crippen MR) is 110 cm³/mol. The van der Waals surface area contributed by atoms with Gasteiger partial charge in [0, 0.05) is 24.7 Å². The molecule has 1 saturated heterocycles. The van der Waals surface area contributed by atoms with Gasteiger partial charge in [-0.05, 0) is 48.9 Å². The van der Waals surface area contributed by atoms with Gasteiger partial charge in [0.25, 0.3) is 11.8 Å². The van der Waals surface area contributed by atoms with Crippen molar-refractivity contribution in [3.8, 4) is 17.2 Å². The molecule has 9 heteroatoms. The second-order valence-corrected chi connectivity index (χ2v) is 7.46. The highest BCUT2D eigenvalue weighted by Gasteiger charge is 2.28. The van der Waals surface area contributed by atoms with Crippen LogP contribution in [0.25, 0.3) is 0 Å². The first-order valence-corrected chi connectivity index (χ1v) is 10.1. The van der Waals surface area contributed by atoms with Crippen molar-refractivity contribution in [2.45, 2.75) is 25.1 Å². The molecule has 2 heterocycles. The molecule has 3 N–H and O–H groups in total. The molecule has 31 heavy (non-hydrogen) atoms. The van der Waals surface area contributed by atoms with E-state index in [0.717, 1.165) is 6.54 Å². The number of carbonyl (C=O) groups is 2. The molecule has 4 rings (SSSR count). The van der Waals surface area contributed by atoms with Crippen molar-refractivity contribution < 1.29 is 28.2 Å². The summed E-state index contributed by atoms with van der Waals surface area (Å²) in [6, 6.07) is 8.73. The van der Waals surface area contributed by atoms with Crippen LogP contribution in [0.2, 0.25) is 0 Å². The van der Waals surface area contributed by atoms with Gasteiger partial charge in [-0.25, -0.2) is 4.39 Å². The minimum Gasteiger partial charge on any atom is -0.493 e. The van der Waals surface area contributed by atoms with Crippen molar-refractivity contribution >= 4 is 11.8 Å².